The van der Waals surface area contributed by atoms with Gasteiger partial charge < -0.3 is 10.6 Å². The number of rotatable bonds is 3. The molecule has 0 aromatic heterocycles. The van der Waals surface area contributed by atoms with Crippen molar-refractivity contribution in [1.29, 1.82) is 0 Å². The molecule has 2 N–H and O–H groups in total. The first kappa shape index (κ1) is 14.3. The van der Waals surface area contributed by atoms with Crippen molar-refractivity contribution >= 4 is 5.69 Å². The number of halogens is 1. The van der Waals surface area contributed by atoms with E-state index in [1.807, 2.05) is 13.0 Å². The molecule has 3 heteroatoms. The average Bonchev–Trinajstić information content (AvgIpc) is 2.35. The number of hydrogen-bond acceptors (Lipinski definition) is 2. The van der Waals surface area contributed by atoms with E-state index >= 15 is 0 Å². The zero-order chi connectivity index (χ0) is 14.0. The first-order valence-corrected chi connectivity index (χ1v) is 7.30. The second kappa shape index (κ2) is 5.91. The fourth-order valence-electron chi connectivity index (χ4n) is 3.02. The highest BCUT2D eigenvalue weighted by Gasteiger charge is 2.27. The van der Waals surface area contributed by atoms with E-state index in [-0.39, 0.29) is 11.9 Å². The van der Waals surface area contributed by atoms with Crippen LogP contribution in [0.25, 0.3) is 0 Å². The summed E-state index contributed by atoms with van der Waals surface area (Å²) in [5.74, 6) is 0.528. The van der Waals surface area contributed by atoms with Gasteiger partial charge in [-0.2, -0.15) is 0 Å². The summed E-state index contributed by atoms with van der Waals surface area (Å²) in [4.78, 5) is 2.36. The number of hydrogen-bond donors (Lipinski definition) is 1. The summed E-state index contributed by atoms with van der Waals surface area (Å²) in [6.07, 6.45) is 3.04. The molecule has 3 unspecified atom stereocenters. The maximum atomic E-state index is 14.1. The van der Waals surface area contributed by atoms with Gasteiger partial charge in [-0.25, -0.2) is 4.39 Å². The Morgan fingerprint density at radius 1 is 1.42 bits per heavy atom. The van der Waals surface area contributed by atoms with Crippen LogP contribution >= 0.6 is 0 Å². The summed E-state index contributed by atoms with van der Waals surface area (Å²) in [6, 6.07) is 5.83. The van der Waals surface area contributed by atoms with Crippen molar-refractivity contribution in [2.24, 2.45) is 11.7 Å². The minimum Gasteiger partial charge on any atom is -0.368 e. The molecule has 0 bridgehead atoms. The summed E-state index contributed by atoms with van der Waals surface area (Å²) in [5.41, 5.74) is 7.68. The molecule has 1 aromatic carbocycles. The van der Waals surface area contributed by atoms with Crippen LogP contribution in [-0.4, -0.2) is 18.6 Å². The number of nitrogens with two attached hydrogens (primary N) is 1. The molecular weight excluding hydrogens is 239 g/mol. The highest BCUT2D eigenvalue weighted by atomic mass is 19.1. The lowest BCUT2D eigenvalue weighted by Crippen LogP contribution is -2.43. The van der Waals surface area contributed by atoms with Crippen molar-refractivity contribution in [2.45, 2.75) is 52.1 Å². The Balaban J connectivity index is 2.35. The maximum Gasteiger partial charge on any atom is 0.128 e. The summed E-state index contributed by atoms with van der Waals surface area (Å²) >= 11 is 0. The first-order chi connectivity index (χ1) is 9.00. The monoisotopic (exact) mass is 264 g/mol. The number of nitrogens with zero attached hydrogens (tertiary/aromatic N) is 1. The van der Waals surface area contributed by atoms with E-state index in [9.17, 15) is 4.39 Å². The van der Waals surface area contributed by atoms with Crippen molar-refractivity contribution in [1.82, 2.24) is 0 Å². The Morgan fingerprint density at radius 3 is 2.84 bits per heavy atom. The first-order valence-electron chi connectivity index (χ1n) is 7.30. The lowest BCUT2D eigenvalue weighted by molar-refractivity contribution is 0.362. The SMILES string of the molecule is CC(N)Cc1c(F)cccc1N1CCCC(C)C1C. The van der Waals surface area contributed by atoms with Gasteiger partial charge in [-0.15, -0.1) is 0 Å². The molecule has 1 fully saturated rings. The van der Waals surface area contributed by atoms with Crippen LogP contribution in [0.1, 0.15) is 39.2 Å². The lowest BCUT2D eigenvalue weighted by Gasteiger charge is -2.40. The van der Waals surface area contributed by atoms with Gasteiger partial charge in [0, 0.05) is 29.9 Å². The van der Waals surface area contributed by atoms with Crippen LogP contribution in [0.2, 0.25) is 0 Å². The molecule has 1 aromatic rings. The Morgan fingerprint density at radius 2 is 2.16 bits per heavy atom. The van der Waals surface area contributed by atoms with Gasteiger partial charge >= 0.3 is 0 Å². The summed E-state index contributed by atoms with van der Waals surface area (Å²) < 4.78 is 14.1. The predicted octanol–water partition coefficient (Wildman–Crippen LogP) is 3.34. The van der Waals surface area contributed by atoms with E-state index in [0.29, 0.717) is 18.4 Å². The van der Waals surface area contributed by atoms with Crippen LogP contribution < -0.4 is 10.6 Å². The fourth-order valence-corrected chi connectivity index (χ4v) is 3.02. The molecule has 1 saturated heterocycles. The van der Waals surface area contributed by atoms with E-state index in [4.69, 9.17) is 5.73 Å². The normalized spacial score (nSPS) is 25.4. The van der Waals surface area contributed by atoms with Crippen LogP contribution in [0.4, 0.5) is 10.1 Å². The van der Waals surface area contributed by atoms with Crippen molar-refractivity contribution < 1.29 is 4.39 Å². The van der Waals surface area contributed by atoms with Gasteiger partial charge in [0.1, 0.15) is 5.82 Å². The van der Waals surface area contributed by atoms with Crippen molar-refractivity contribution in [3.05, 3.63) is 29.6 Å². The maximum absolute atomic E-state index is 14.1. The molecule has 2 rings (SSSR count). The molecule has 1 aliphatic heterocycles. The topological polar surface area (TPSA) is 29.3 Å². The van der Waals surface area contributed by atoms with Crippen LogP contribution in [0.15, 0.2) is 18.2 Å². The molecule has 0 aliphatic carbocycles. The highest BCUT2D eigenvalue weighted by molar-refractivity contribution is 5.55. The largest absolute Gasteiger partial charge is 0.368 e. The van der Waals surface area contributed by atoms with Crippen molar-refractivity contribution in [2.75, 3.05) is 11.4 Å². The van der Waals surface area contributed by atoms with E-state index in [2.05, 4.69) is 18.7 Å². The lowest BCUT2D eigenvalue weighted by atomic mass is 9.90. The molecule has 0 amide bonds. The quantitative estimate of drug-likeness (QED) is 0.907. The average molecular weight is 264 g/mol. The number of piperidine rings is 1. The van der Waals surface area contributed by atoms with Crippen LogP contribution in [0, 0.1) is 11.7 Å². The second-order valence-electron chi connectivity index (χ2n) is 5.97. The van der Waals surface area contributed by atoms with E-state index < -0.39 is 0 Å². The molecule has 2 nitrogen and oxygen atoms in total. The van der Waals surface area contributed by atoms with Gasteiger partial charge in [0.15, 0.2) is 0 Å². The minimum absolute atomic E-state index is 0.0202. The van der Waals surface area contributed by atoms with Gasteiger partial charge in [0.25, 0.3) is 0 Å². The molecule has 106 valence electrons. The Kier molecular flexibility index (Phi) is 4.46. The summed E-state index contributed by atoms with van der Waals surface area (Å²) in [6.45, 7) is 7.46. The summed E-state index contributed by atoms with van der Waals surface area (Å²) in [7, 11) is 0. The van der Waals surface area contributed by atoms with Gasteiger partial charge in [-0.05, 0) is 51.2 Å². The Hall–Kier alpha value is -1.09. The third kappa shape index (κ3) is 3.08. The summed E-state index contributed by atoms with van der Waals surface area (Å²) in [5, 5.41) is 0. The van der Waals surface area contributed by atoms with Gasteiger partial charge in [-0.1, -0.05) is 13.0 Å². The Labute approximate surface area is 115 Å². The second-order valence-corrected chi connectivity index (χ2v) is 5.97. The van der Waals surface area contributed by atoms with E-state index in [0.717, 1.165) is 17.8 Å². The molecule has 3 atom stereocenters. The zero-order valence-corrected chi connectivity index (χ0v) is 12.2. The van der Waals surface area contributed by atoms with E-state index in [1.165, 1.54) is 12.8 Å². The third-order valence-electron chi connectivity index (χ3n) is 4.30. The van der Waals surface area contributed by atoms with Crippen LogP contribution in [0.3, 0.4) is 0 Å². The number of benzene rings is 1. The standard InChI is InChI=1S/C16H25FN2/c1-11-6-5-9-19(13(11)3)16-8-4-7-15(17)14(16)10-12(2)18/h4,7-8,11-13H,5-6,9-10,18H2,1-3H3. The predicted molar refractivity (Wildman–Crippen MR) is 79.0 cm³/mol. The van der Waals surface area contributed by atoms with Crippen LogP contribution in [-0.2, 0) is 6.42 Å². The Bertz CT molecular complexity index is 431. The molecular formula is C16H25FN2. The zero-order valence-electron chi connectivity index (χ0n) is 12.2. The van der Waals surface area contributed by atoms with Crippen molar-refractivity contribution in [3.63, 3.8) is 0 Å². The van der Waals surface area contributed by atoms with E-state index in [1.54, 1.807) is 12.1 Å². The number of anilines is 1. The van der Waals surface area contributed by atoms with Crippen LogP contribution in [0.5, 0.6) is 0 Å². The molecule has 0 saturated carbocycles. The molecule has 0 spiro atoms. The molecule has 1 heterocycles. The third-order valence-corrected chi connectivity index (χ3v) is 4.30. The highest BCUT2D eigenvalue weighted by Crippen LogP contribution is 2.32. The molecule has 19 heavy (non-hydrogen) atoms. The minimum atomic E-state index is -0.125. The van der Waals surface area contributed by atoms with Gasteiger partial charge in [0.05, 0.1) is 0 Å². The van der Waals surface area contributed by atoms with Crippen molar-refractivity contribution in [3.8, 4) is 0 Å². The fraction of sp³-hybridized carbons (Fsp3) is 0.625. The molecule has 0 radical (unpaired) electrons. The van der Waals surface area contributed by atoms with Gasteiger partial charge in [-0.3, -0.25) is 0 Å². The molecule has 1 aliphatic rings. The smallest absolute Gasteiger partial charge is 0.128 e. The van der Waals surface area contributed by atoms with Gasteiger partial charge in [0.2, 0.25) is 0 Å².